The molecule has 0 amide bonds. The van der Waals surface area contributed by atoms with Gasteiger partial charge in [0, 0.05) is 0 Å². The van der Waals surface area contributed by atoms with Gasteiger partial charge in [0.25, 0.3) is 0 Å². The van der Waals surface area contributed by atoms with Gasteiger partial charge in [0.05, 0.1) is 38.1 Å². The van der Waals surface area contributed by atoms with Crippen molar-refractivity contribution in [2.24, 2.45) is 11.8 Å². The van der Waals surface area contributed by atoms with E-state index in [1.165, 1.54) is 0 Å². The molecule has 0 aliphatic heterocycles. The zero-order valence-corrected chi connectivity index (χ0v) is 23.1. The highest BCUT2D eigenvalue weighted by molar-refractivity contribution is 5.85. The van der Waals surface area contributed by atoms with Crippen LogP contribution in [0.3, 0.4) is 0 Å². The minimum absolute atomic E-state index is 0.878. The van der Waals surface area contributed by atoms with Crippen molar-refractivity contribution in [2.45, 2.75) is 49.6 Å². The maximum Gasteiger partial charge on any atom is 0.455 e. The molecule has 0 heterocycles. The Morgan fingerprint density at radius 1 is 0.478 bits per heavy atom. The largest absolute Gasteiger partial charge is 0.463 e. The highest BCUT2D eigenvalue weighted by atomic mass is 19.4. The maximum atomic E-state index is 12.9. The van der Waals surface area contributed by atoms with Crippen LogP contribution in [-0.2, 0) is 42.8 Å². The van der Waals surface area contributed by atoms with E-state index >= 15 is 0 Å². The quantitative estimate of drug-likeness (QED) is 0.0753. The predicted molar refractivity (Wildman–Crippen MR) is 116 cm³/mol. The molecule has 2 atom stereocenters. The fourth-order valence-electron chi connectivity index (χ4n) is 2.57. The second-order valence-corrected chi connectivity index (χ2v) is 8.92. The molecule has 0 saturated carbocycles. The third-order valence-corrected chi connectivity index (χ3v) is 5.19. The number of hydrogen-bond donors (Lipinski definition) is 0. The summed E-state index contributed by atoms with van der Waals surface area (Å²) >= 11 is 0. The van der Waals surface area contributed by atoms with Crippen molar-refractivity contribution in [3.63, 3.8) is 0 Å². The minimum Gasteiger partial charge on any atom is -0.463 e. The molecule has 0 aromatic rings. The lowest BCUT2D eigenvalue weighted by Crippen LogP contribution is -2.41. The Bertz CT molecular complexity index is 966. The van der Waals surface area contributed by atoms with E-state index in [1.54, 1.807) is 0 Å². The summed E-state index contributed by atoms with van der Waals surface area (Å²) in [4.78, 5) is 36.8. The van der Waals surface area contributed by atoms with Crippen molar-refractivity contribution in [3.8, 4) is 0 Å². The summed E-state index contributed by atoms with van der Waals surface area (Å²) in [7, 11) is 0. The maximum absolute atomic E-state index is 12.9. The van der Waals surface area contributed by atoms with Crippen LogP contribution in [0.25, 0.3) is 0 Å². The molecular formula is C22H25F15O9. The molecule has 0 aliphatic rings. The Kier molecular flexibility index (Phi) is 16.4. The monoisotopic (exact) mass is 718 g/mol. The van der Waals surface area contributed by atoms with Gasteiger partial charge in [-0.15, -0.1) is 0 Å². The first-order valence-corrected chi connectivity index (χ1v) is 12.2. The summed E-state index contributed by atoms with van der Waals surface area (Å²) in [5.41, 5.74) is 0. The Hall–Kier alpha value is -2.76. The van der Waals surface area contributed by atoms with Gasteiger partial charge in [-0.2, -0.15) is 65.9 Å². The number of alkyl halides is 15. The standard InChI is InChI=1S/C22H25F15O9/c1-12(15(39)45-6-3-42-10-18(25,26)21(32,33)34)13(16(40)46-7-4-43-11-19(27,28)22(35,36)37)8-14(38)44-5-2-41-9-17(23,24)20(29,30)31/h12-13H,2-11H2,1H3. The number of hydrogen-bond acceptors (Lipinski definition) is 9. The molecule has 9 nitrogen and oxygen atoms in total. The van der Waals surface area contributed by atoms with Gasteiger partial charge < -0.3 is 28.4 Å². The van der Waals surface area contributed by atoms with E-state index in [9.17, 15) is 80.2 Å². The van der Waals surface area contributed by atoms with Crippen molar-refractivity contribution in [1.82, 2.24) is 0 Å². The third-order valence-electron chi connectivity index (χ3n) is 5.19. The molecule has 0 bridgehead atoms. The number of carbonyl (C=O) groups excluding carboxylic acids is 3. The summed E-state index contributed by atoms with van der Waals surface area (Å²) in [5.74, 6) is -23.9. The predicted octanol–water partition coefficient (Wildman–Crippen LogP) is 4.90. The topological polar surface area (TPSA) is 107 Å². The van der Waals surface area contributed by atoms with Crippen LogP contribution in [0, 0.1) is 11.8 Å². The summed E-state index contributed by atoms with van der Waals surface area (Å²) in [5, 5.41) is 0. The van der Waals surface area contributed by atoms with Crippen molar-refractivity contribution in [3.05, 3.63) is 0 Å². The zero-order chi connectivity index (χ0) is 36.2. The Labute approximate surface area is 248 Å². The van der Waals surface area contributed by atoms with Crippen molar-refractivity contribution < 1.29 is 109 Å². The fourth-order valence-corrected chi connectivity index (χ4v) is 2.57. The zero-order valence-electron chi connectivity index (χ0n) is 23.1. The molecule has 0 aromatic carbocycles. The van der Waals surface area contributed by atoms with Crippen molar-refractivity contribution >= 4 is 17.9 Å². The van der Waals surface area contributed by atoms with Gasteiger partial charge in [0.2, 0.25) is 0 Å². The molecule has 0 spiro atoms. The van der Waals surface area contributed by atoms with E-state index in [1.807, 2.05) is 0 Å². The van der Waals surface area contributed by atoms with Gasteiger partial charge in [-0.1, -0.05) is 6.92 Å². The first kappa shape index (κ1) is 43.2. The molecule has 0 saturated heterocycles. The van der Waals surface area contributed by atoms with E-state index in [0.717, 1.165) is 6.92 Å². The second kappa shape index (κ2) is 17.4. The van der Waals surface area contributed by atoms with E-state index in [2.05, 4.69) is 28.4 Å². The lowest BCUT2D eigenvalue weighted by atomic mass is 9.91. The van der Waals surface area contributed by atoms with E-state index < -0.39 is 132 Å². The Morgan fingerprint density at radius 2 is 0.783 bits per heavy atom. The molecule has 46 heavy (non-hydrogen) atoms. The van der Waals surface area contributed by atoms with Gasteiger partial charge >= 0.3 is 54.2 Å². The van der Waals surface area contributed by atoms with Crippen LogP contribution >= 0.6 is 0 Å². The molecule has 272 valence electrons. The van der Waals surface area contributed by atoms with E-state index in [0.29, 0.717) is 0 Å². The molecule has 0 N–H and O–H groups in total. The molecule has 0 fully saturated rings. The van der Waals surface area contributed by atoms with Crippen molar-refractivity contribution in [2.75, 3.05) is 59.5 Å². The van der Waals surface area contributed by atoms with Crippen LogP contribution in [0.15, 0.2) is 0 Å². The summed E-state index contributed by atoms with van der Waals surface area (Å²) in [6.45, 7) is -11.7. The van der Waals surface area contributed by atoms with Gasteiger partial charge in [-0.25, -0.2) is 0 Å². The van der Waals surface area contributed by atoms with Gasteiger partial charge in [-0.05, 0) is 0 Å². The SMILES string of the molecule is CC(C(=O)OCCOCC(F)(F)C(F)(F)F)C(CC(=O)OCCOCC(F)(F)C(F)(F)F)C(=O)OCCOCC(F)(F)C(F)(F)F. The molecule has 0 rings (SSSR count). The van der Waals surface area contributed by atoms with Gasteiger partial charge in [0.1, 0.15) is 39.6 Å². The average molecular weight is 718 g/mol. The summed E-state index contributed by atoms with van der Waals surface area (Å²) in [6.07, 6.45) is -19.0. The molecular weight excluding hydrogens is 693 g/mol. The van der Waals surface area contributed by atoms with Gasteiger partial charge in [0.15, 0.2) is 0 Å². The van der Waals surface area contributed by atoms with Crippen LogP contribution in [0.4, 0.5) is 65.9 Å². The average Bonchev–Trinajstić information content (AvgIpc) is 2.88. The van der Waals surface area contributed by atoms with Gasteiger partial charge in [-0.3, -0.25) is 14.4 Å². The highest BCUT2D eigenvalue weighted by Crippen LogP contribution is 2.37. The van der Waals surface area contributed by atoms with Crippen LogP contribution in [0.1, 0.15) is 13.3 Å². The van der Waals surface area contributed by atoms with Crippen LogP contribution in [0.2, 0.25) is 0 Å². The van der Waals surface area contributed by atoms with Crippen LogP contribution in [0.5, 0.6) is 0 Å². The number of rotatable bonds is 20. The van der Waals surface area contributed by atoms with Crippen molar-refractivity contribution in [1.29, 1.82) is 0 Å². The lowest BCUT2D eigenvalue weighted by molar-refractivity contribution is -0.297. The Morgan fingerprint density at radius 3 is 1.11 bits per heavy atom. The summed E-state index contributed by atoms with van der Waals surface area (Å²) < 4.78 is 212. The fraction of sp³-hybridized carbons (Fsp3) is 0.864. The third kappa shape index (κ3) is 14.8. The highest BCUT2D eigenvalue weighted by Gasteiger charge is 2.59. The number of ether oxygens (including phenoxy) is 6. The van der Waals surface area contributed by atoms with E-state index in [4.69, 9.17) is 0 Å². The minimum atomic E-state index is -5.97. The molecule has 2 unspecified atom stereocenters. The number of halogens is 15. The first-order chi connectivity index (χ1) is 20.7. The molecule has 0 radical (unpaired) electrons. The van der Waals surface area contributed by atoms with Crippen LogP contribution < -0.4 is 0 Å². The van der Waals surface area contributed by atoms with E-state index in [-0.39, 0.29) is 0 Å². The lowest BCUT2D eigenvalue weighted by Gasteiger charge is -2.22. The number of esters is 3. The summed E-state index contributed by atoms with van der Waals surface area (Å²) in [6, 6.07) is 0. The molecule has 0 aromatic heterocycles. The number of carbonyl (C=O) groups is 3. The smallest absolute Gasteiger partial charge is 0.455 e. The first-order valence-electron chi connectivity index (χ1n) is 12.2. The van der Waals surface area contributed by atoms with Crippen LogP contribution in [-0.4, -0.2) is 114 Å². The normalized spacial score (nSPS) is 14.9. The Balaban J connectivity index is 5.16. The second-order valence-electron chi connectivity index (χ2n) is 8.92. The molecule has 0 aliphatic carbocycles. The molecule has 24 heteroatoms.